The van der Waals surface area contributed by atoms with Crippen molar-refractivity contribution < 1.29 is 9.53 Å². The predicted molar refractivity (Wildman–Crippen MR) is 135 cm³/mol. The van der Waals surface area contributed by atoms with Crippen LogP contribution in [0.3, 0.4) is 0 Å². The Morgan fingerprint density at radius 3 is 2.38 bits per heavy atom. The first-order valence-electron chi connectivity index (χ1n) is 12.4. The van der Waals surface area contributed by atoms with Crippen LogP contribution in [0.4, 0.5) is 10.5 Å². The third-order valence-corrected chi connectivity index (χ3v) is 6.81. The summed E-state index contributed by atoms with van der Waals surface area (Å²) in [6.45, 7) is 11.3. The molecule has 2 saturated heterocycles. The zero-order valence-corrected chi connectivity index (χ0v) is 20.5. The Bertz CT molecular complexity index is 1130. The number of nitrogens with zero attached hydrogens (tertiary/aromatic N) is 4. The molecule has 2 aliphatic heterocycles. The molecule has 1 amide bonds. The van der Waals surface area contributed by atoms with Gasteiger partial charge in [-0.1, -0.05) is 24.3 Å². The van der Waals surface area contributed by atoms with Crippen molar-refractivity contribution in [2.45, 2.75) is 45.1 Å². The van der Waals surface area contributed by atoms with E-state index in [2.05, 4.69) is 57.9 Å². The molecular formula is C27H35N5O2. The highest BCUT2D eigenvalue weighted by Crippen LogP contribution is 2.32. The number of likely N-dealkylation sites (tertiary alicyclic amines) is 1. The van der Waals surface area contributed by atoms with Crippen LogP contribution in [-0.4, -0.2) is 65.5 Å². The number of rotatable bonds is 3. The fourth-order valence-electron chi connectivity index (χ4n) is 5.00. The summed E-state index contributed by atoms with van der Waals surface area (Å²) in [4.78, 5) is 16.6. The summed E-state index contributed by atoms with van der Waals surface area (Å²) in [5.74, 6) is 0.474. The minimum absolute atomic E-state index is 0.198. The molecule has 7 nitrogen and oxygen atoms in total. The molecule has 1 aromatic carbocycles. The third-order valence-electron chi connectivity index (χ3n) is 6.81. The number of aromatic nitrogens is 2. The van der Waals surface area contributed by atoms with Crippen molar-refractivity contribution >= 4 is 17.3 Å². The van der Waals surface area contributed by atoms with Crippen molar-refractivity contribution in [3.05, 3.63) is 54.4 Å². The van der Waals surface area contributed by atoms with Gasteiger partial charge in [0.25, 0.3) is 0 Å². The van der Waals surface area contributed by atoms with Crippen LogP contribution >= 0.6 is 0 Å². The van der Waals surface area contributed by atoms with Gasteiger partial charge >= 0.3 is 6.09 Å². The summed E-state index contributed by atoms with van der Waals surface area (Å²) in [5, 5.41) is 7.97. The first kappa shape index (κ1) is 22.7. The third kappa shape index (κ3) is 4.89. The van der Waals surface area contributed by atoms with Crippen LogP contribution in [0.2, 0.25) is 0 Å². The Kier molecular flexibility index (Phi) is 6.21. The summed E-state index contributed by atoms with van der Waals surface area (Å²) in [5.41, 5.74) is 5.67. The zero-order chi connectivity index (χ0) is 23.7. The van der Waals surface area contributed by atoms with E-state index >= 15 is 0 Å². The molecule has 0 unspecified atom stereocenters. The van der Waals surface area contributed by atoms with Crippen LogP contribution < -0.4 is 10.2 Å². The average Bonchev–Trinajstić information content (AvgIpc) is 3.28. The summed E-state index contributed by atoms with van der Waals surface area (Å²) in [7, 11) is 0. The van der Waals surface area contributed by atoms with E-state index in [0.29, 0.717) is 5.92 Å². The van der Waals surface area contributed by atoms with E-state index in [9.17, 15) is 4.79 Å². The van der Waals surface area contributed by atoms with E-state index in [1.54, 1.807) is 0 Å². The molecule has 5 rings (SSSR count). The fraction of sp³-hybridized carbons (Fsp3) is 0.481. The van der Waals surface area contributed by atoms with Gasteiger partial charge in [-0.15, -0.1) is 0 Å². The van der Waals surface area contributed by atoms with E-state index in [1.165, 1.54) is 22.4 Å². The topological polar surface area (TPSA) is 62.1 Å². The van der Waals surface area contributed by atoms with Gasteiger partial charge in [0.15, 0.2) is 0 Å². The van der Waals surface area contributed by atoms with Crippen molar-refractivity contribution in [2.24, 2.45) is 0 Å². The second kappa shape index (κ2) is 9.29. The van der Waals surface area contributed by atoms with E-state index in [-0.39, 0.29) is 6.09 Å². The number of carbonyl (C=O) groups excluding carboxylic acids is 1. The molecule has 7 heteroatoms. The molecule has 1 N–H and O–H groups in total. The average molecular weight is 462 g/mol. The number of carbonyl (C=O) groups is 1. The van der Waals surface area contributed by atoms with Gasteiger partial charge in [-0.05, 0) is 62.8 Å². The summed E-state index contributed by atoms with van der Waals surface area (Å²) < 4.78 is 7.52. The van der Waals surface area contributed by atoms with E-state index in [1.807, 2.05) is 36.4 Å². The number of hydrogen-bond acceptors (Lipinski definition) is 5. The Hall–Kier alpha value is -3.06. The molecule has 2 aromatic heterocycles. The summed E-state index contributed by atoms with van der Waals surface area (Å²) in [6.07, 6.45) is 5.74. The molecule has 0 atom stereocenters. The van der Waals surface area contributed by atoms with Crippen molar-refractivity contribution in [1.29, 1.82) is 0 Å². The molecule has 4 heterocycles. The second-order valence-electron chi connectivity index (χ2n) is 10.4. The largest absolute Gasteiger partial charge is 0.444 e. The van der Waals surface area contributed by atoms with Gasteiger partial charge in [0.05, 0.1) is 11.2 Å². The minimum atomic E-state index is -0.449. The molecule has 2 fully saturated rings. The lowest BCUT2D eigenvalue weighted by Gasteiger charge is -2.33. The molecule has 3 aromatic rings. The highest BCUT2D eigenvalue weighted by Gasteiger charge is 2.27. The zero-order valence-electron chi connectivity index (χ0n) is 20.5. The van der Waals surface area contributed by atoms with Crippen LogP contribution in [-0.2, 0) is 4.74 Å². The highest BCUT2D eigenvalue weighted by molar-refractivity contribution is 5.80. The molecule has 0 saturated carbocycles. The number of anilines is 1. The van der Waals surface area contributed by atoms with Gasteiger partial charge in [-0.3, -0.25) is 0 Å². The first-order chi connectivity index (χ1) is 16.4. The van der Waals surface area contributed by atoms with Crippen LogP contribution in [0.25, 0.3) is 16.6 Å². The quantitative estimate of drug-likeness (QED) is 0.621. The Labute approximate surface area is 201 Å². The van der Waals surface area contributed by atoms with Gasteiger partial charge in [0.1, 0.15) is 5.60 Å². The number of amides is 1. The van der Waals surface area contributed by atoms with Gasteiger partial charge < -0.3 is 19.9 Å². The molecule has 0 aliphatic carbocycles. The number of benzene rings is 1. The van der Waals surface area contributed by atoms with E-state index in [4.69, 9.17) is 4.74 Å². The normalized spacial score (nSPS) is 17.9. The maximum Gasteiger partial charge on any atom is 0.410 e. The lowest BCUT2D eigenvalue weighted by Crippen LogP contribution is -2.43. The number of hydrogen-bond donors (Lipinski definition) is 1. The summed E-state index contributed by atoms with van der Waals surface area (Å²) in [6, 6.07) is 13.3. The second-order valence-corrected chi connectivity index (χ2v) is 10.4. The maximum absolute atomic E-state index is 12.3. The lowest BCUT2D eigenvalue weighted by atomic mass is 9.89. The molecule has 0 spiro atoms. The molecular weight excluding hydrogens is 426 g/mol. The maximum atomic E-state index is 12.3. The van der Waals surface area contributed by atoms with Crippen molar-refractivity contribution in [3.8, 4) is 11.1 Å². The molecule has 34 heavy (non-hydrogen) atoms. The number of fused-ring (bicyclic) bond motifs is 1. The predicted octanol–water partition coefficient (Wildman–Crippen LogP) is 4.53. The fourth-order valence-corrected chi connectivity index (χ4v) is 5.00. The smallest absolute Gasteiger partial charge is 0.410 e. The van der Waals surface area contributed by atoms with Crippen LogP contribution in [0.5, 0.6) is 0 Å². The molecule has 180 valence electrons. The van der Waals surface area contributed by atoms with Gasteiger partial charge in [0.2, 0.25) is 0 Å². The van der Waals surface area contributed by atoms with Gasteiger partial charge in [-0.2, -0.15) is 5.10 Å². The van der Waals surface area contributed by atoms with Crippen LogP contribution in [0, 0.1) is 0 Å². The Balaban J connectivity index is 1.27. The Morgan fingerprint density at radius 2 is 1.71 bits per heavy atom. The van der Waals surface area contributed by atoms with Crippen molar-refractivity contribution in [2.75, 3.05) is 44.2 Å². The number of piperidine rings is 1. The standard InChI is InChI=1S/C27H35N5O2/c1-27(2,3)34-26(33)31-14-9-22(10-15-31)20-4-6-21(7-5-20)23-18-25-24(8-11-29-32(25)19-23)30-16-12-28-13-17-30/h4-8,11,18-19,22,28H,9-10,12-17H2,1-3H3. The van der Waals surface area contributed by atoms with Crippen molar-refractivity contribution in [3.63, 3.8) is 0 Å². The molecule has 2 aliphatic rings. The monoisotopic (exact) mass is 461 g/mol. The van der Waals surface area contributed by atoms with Crippen LogP contribution in [0.15, 0.2) is 48.8 Å². The first-order valence-corrected chi connectivity index (χ1v) is 12.4. The van der Waals surface area contributed by atoms with Gasteiger partial charge in [-0.25, -0.2) is 9.31 Å². The molecule has 0 radical (unpaired) electrons. The van der Waals surface area contributed by atoms with Crippen molar-refractivity contribution in [1.82, 2.24) is 19.8 Å². The van der Waals surface area contributed by atoms with E-state index < -0.39 is 5.60 Å². The van der Waals surface area contributed by atoms with E-state index in [0.717, 1.165) is 57.6 Å². The number of nitrogens with one attached hydrogen (secondary N) is 1. The number of ether oxygens (including phenoxy) is 1. The SMILES string of the molecule is CC(C)(C)OC(=O)N1CCC(c2ccc(-c3cc4c(N5CCNCC5)ccnn4c3)cc2)CC1. The van der Waals surface area contributed by atoms with Crippen LogP contribution in [0.1, 0.15) is 45.1 Å². The lowest BCUT2D eigenvalue weighted by molar-refractivity contribution is 0.0205. The number of piperazine rings is 1. The Morgan fingerprint density at radius 1 is 1.00 bits per heavy atom. The summed E-state index contributed by atoms with van der Waals surface area (Å²) >= 11 is 0. The minimum Gasteiger partial charge on any atom is -0.444 e. The molecule has 0 bridgehead atoms. The van der Waals surface area contributed by atoms with Gasteiger partial charge in [0, 0.05) is 57.2 Å². The highest BCUT2D eigenvalue weighted by atomic mass is 16.6.